The van der Waals surface area contributed by atoms with E-state index in [2.05, 4.69) is 10.4 Å². The maximum Gasteiger partial charge on any atom is 0.267 e. The van der Waals surface area contributed by atoms with Crippen molar-refractivity contribution >= 4 is 11.6 Å². The smallest absolute Gasteiger partial charge is 0.267 e. The lowest BCUT2D eigenvalue weighted by Crippen LogP contribution is -2.33. The Morgan fingerprint density at radius 1 is 1.04 bits per heavy atom. The first kappa shape index (κ1) is 18.4. The van der Waals surface area contributed by atoms with Crippen LogP contribution in [0.2, 0.25) is 0 Å². The average Bonchev–Trinajstić information content (AvgIpc) is 2.69. The number of aryl methyl sites for hydroxylation is 1. The van der Waals surface area contributed by atoms with Crippen LogP contribution in [0.1, 0.15) is 18.5 Å². The van der Waals surface area contributed by atoms with Gasteiger partial charge < -0.3 is 10.1 Å². The molecule has 0 spiro atoms. The number of methoxy groups -OCH3 is 1. The number of nitrogens with one attached hydrogen (secondary N) is 1. The molecule has 138 valence electrons. The molecule has 1 aromatic heterocycles. The molecular formula is C21H21N3O3. The number of hydrogen-bond acceptors (Lipinski definition) is 4. The molecule has 1 N–H and O–H groups in total. The lowest BCUT2D eigenvalue weighted by molar-refractivity contribution is -0.119. The second-order valence-electron chi connectivity index (χ2n) is 6.26. The first-order valence-electron chi connectivity index (χ1n) is 8.60. The van der Waals surface area contributed by atoms with Gasteiger partial charge in [-0.1, -0.05) is 29.8 Å². The van der Waals surface area contributed by atoms with E-state index in [0.717, 1.165) is 11.1 Å². The van der Waals surface area contributed by atoms with E-state index in [1.165, 1.54) is 10.7 Å². The van der Waals surface area contributed by atoms with Crippen LogP contribution in [-0.2, 0) is 4.79 Å². The van der Waals surface area contributed by atoms with E-state index in [0.29, 0.717) is 17.1 Å². The highest BCUT2D eigenvalue weighted by molar-refractivity contribution is 5.93. The summed E-state index contributed by atoms with van der Waals surface area (Å²) in [5.74, 6) is 0.376. The summed E-state index contributed by atoms with van der Waals surface area (Å²) in [6.45, 7) is 3.65. The zero-order chi connectivity index (χ0) is 19.4. The maximum atomic E-state index is 12.6. The third kappa shape index (κ3) is 4.23. The number of carbonyl (C=O) groups excluding carboxylic acids is 1. The van der Waals surface area contributed by atoms with Crippen LogP contribution in [0.5, 0.6) is 5.75 Å². The molecule has 6 nitrogen and oxygen atoms in total. The summed E-state index contributed by atoms with van der Waals surface area (Å²) in [6.07, 6.45) is 0. The topological polar surface area (TPSA) is 73.2 Å². The number of nitrogens with zero attached hydrogens (tertiary/aromatic N) is 2. The summed E-state index contributed by atoms with van der Waals surface area (Å²) in [6, 6.07) is 17.2. The highest BCUT2D eigenvalue weighted by atomic mass is 16.5. The van der Waals surface area contributed by atoms with E-state index in [9.17, 15) is 9.59 Å². The van der Waals surface area contributed by atoms with Crippen molar-refractivity contribution in [3.05, 3.63) is 76.6 Å². The summed E-state index contributed by atoms with van der Waals surface area (Å²) in [5, 5.41) is 7.18. The van der Waals surface area contributed by atoms with Gasteiger partial charge in [0.25, 0.3) is 5.56 Å². The second kappa shape index (κ2) is 7.86. The van der Waals surface area contributed by atoms with Crippen molar-refractivity contribution in [2.45, 2.75) is 19.9 Å². The van der Waals surface area contributed by atoms with Crippen LogP contribution < -0.4 is 15.6 Å². The molecule has 0 aliphatic rings. The number of carbonyl (C=O) groups is 1. The average molecular weight is 363 g/mol. The molecule has 0 unspecified atom stereocenters. The van der Waals surface area contributed by atoms with Crippen LogP contribution in [0.25, 0.3) is 11.3 Å². The number of amides is 1. The van der Waals surface area contributed by atoms with Gasteiger partial charge in [-0.25, -0.2) is 4.68 Å². The molecule has 1 amide bonds. The minimum absolute atomic E-state index is 0.323. The van der Waals surface area contributed by atoms with E-state index in [-0.39, 0.29) is 11.5 Å². The lowest BCUT2D eigenvalue weighted by atomic mass is 10.1. The minimum Gasteiger partial charge on any atom is -0.497 e. The zero-order valence-corrected chi connectivity index (χ0v) is 15.5. The molecular weight excluding hydrogens is 342 g/mol. The predicted molar refractivity (Wildman–Crippen MR) is 105 cm³/mol. The standard InChI is InChI=1S/C21H21N3O3/c1-14-4-6-16(7-5-14)19-12-13-20(25)24(23-19)15(2)21(26)22-17-8-10-18(27-3)11-9-17/h4-13,15H,1-3H3,(H,22,26)/t15-/m1/s1. The fourth-order valence-electron chi connectivity index (χ4n) is 2.61. The van der Waals surface area contributed by atoms with Gasteiger partial charge in [-0.3, -0.25) is 9.59 Å². The summed E-state index contributed by atoms with van der Waals surface area (Å²) in [5.41, 5.74) is 2.95. The van der Waals surface area contributed by atoms with Crippen LogP contribution in [-0.4, -0.2) is 22.8 Å². The van der Waals surface area contributed by atoms with Crippen molar-refractivity contribution in [1.29, 1.82) is 0 Å². The number of aromatic nitrogens is 2. The molecule has 0 aliphatic heterocycles. The van der Waals surface area contributed by atoms with E-state index in [1.54, 1.807) is 44.4 Å². The van der Waals surface area contributed by atoms with Gasteiger partial charge in [0.05, 0.1) is 12.8 Å². The van der Waals surface area contributed by atoms with Crippen LogP contribution >= 0.6 is 0 Å². The van der Waals surface area contributed by atoms with Gasteiger partial charge in [0, 0.05) is 17.3 Å². The molecule has 0 radical (unpaired) electrons. The molecule has 0 bridgehead atoms. The highest BCUT2D eigenvalue weighted by Crippen LogP contribution is 2.18. The Morgan fingerprint density at radius 3 is 2.33 bits per heavy atom. The van der Waals surface area contributed by atoms with Gasteiger partial charge in [0.2, 0.25) is 5.91 Å². The lowest BCUT2D eigenvalue weighted by Gasteiger charge is -2.15. The van der Waals surface area contributed by atoms with Crippen molar-refractivity contribution in [3.63, 3.8) is 0 Å². The van der Waals surface area contributed by atoms with Crippen molar-refractivity contribution in [1.82, 2.24) is 9.78 Å². The SMILES string of the molecule is COc1ccc(NC(=O)[C@@H](C)n2nc(-c3ccc(C)cc3)ccc2=O)cc1. The van der Waals surface area contributed by atoms with Crippen molar-refractivity contribution in [3.8, 4) is 17.0 Å². The number of rotatable bonds is 5. The quantitative estimate of drug-likeness (QED) is 0.754. The summed E-state index contributed by atoms with van der Waals surface area (Å²) in [7, 11) is 1.58. The number of benzene rings is 2. The molecule has 1 atom stereocenters. The summed E-state index contributed by atoms with van der Waals surface area (Å²) >= 11 is 0. The molecule has 0 fully saturated rings. The zero-order valence-electron chi connectivity index (χ0n) is 15.5. The molecule has 0 saturated heterocycles. The van der Waals surface area contributed by atoms with Gasteiger partial charge >= 0.3 is 0 Å². The first-order valence-corrected chi connectivity index (χ1v) is 8.60. The fourth-order valence-corrected chi connectivity index (χ4v) is 2.61. The van der Waals surface area contributed by atoms with Crippen LogP contribution in [0.3, 0.4) is 0 Å². The summed E-state index contributed by atoms with van der Waals surface area (Å²) < 4.78 is 6.30. The highest BCUT2D eigenvalue weighted by Gasteiger charge is 2.18. The molecule has 6 heteroatoms. The van der Waals surface area contributed by atoms with Crippen LogP contribution in [0.15, 0.2) is 65.5 Å². The second-order valence-corrected chi connectivity index (χ2v) is 6.26. The Labute approximate surface area is 157 Å². The number of ether oxygens (including phenoxy) is 1. The van der Waals surface area contributed by atoms with Gasteiger partial charge in [0.1, 0.15) is 11.8 Å². The summed E-state index contributed by atoms with van der Waals surface area (Å²) in [4.78, 5) is 24.8. The molecule has 3 rings (SSSR count). The Bertz CT molecular complexity index is 992. The molecule has 0 aliphatic carbocycles. The van der Waals surface area contributed by atoms with Crippen molar-refractivity contribution in [2.75, 3.05) is 12.4 Å². The molecule has 0 saturated carbocycles. The molecule has 1 heterocycles. The van der Waals surface area contributed by atoms with E-state index in [4.69, 9.17) is 4.74 Å². The molecule has 3 aromatic rings. The number of hydrogen-bond donors (Lipinski definition) is 1. The first-order chi connectivity index (χ1) is 13.0. The van der Waals surface area contributed by atoms with Crippen molar-refractivity contribution in [2.24, 2.45) is 0 Å². The molecule has 27 heavy (non-hydrogen) atoms. The Balaban J connectivity index is 1.83. The van der Waals surface area contributed by atoms with E-state index < -0.39 is 6.04 Å². The van der Waals surface area contributed by atoms with Gasteiger partial charge in [-0.2, -0.15) is 5.10 Å². The third-order valence-electron chi connectivity index (χ3n) is 4.28. The minimum atomic E-state index is -0.759. The van der Waals surface area contributed by atoms with Crippen molar-refractivity contribution < 1.29 is 9.53 Å². The normalized spacial score (nSPS) is 11.7. The predicted octanol–water partition coefficient (Wildman–Crippen LogP) is 3.43. The Hall–Kier alpha value is -3.41. The van der Waals surface area contributed by atoms with E-state index >= 15 is 0 Å². The number of anilines is 1. The Kier molecular flexibility index (Phi) is 5.35. The largest absolute Gasteiger partial charge is 0.497 e. The Morgan fingerprint density at radius 2 is 1.70 bits per heavy atom. The molecule has 2 aromatic carbocycles. The van der Waals surface area contributed by atoms with E-state index in [1.807, 2.05) is 31.2 Å². The monoisotopic (exact) mass is 363 g/mol. The fraction of sp³-hybridized carbons (Fsp3) is 0.190. The van der Waals surface area contributed by atoms with Crippen LogP contribution in [0.4, 0.5) is 5.69 Å². The van der Waals surface area contributed by atoms with Gasteiger partial charge in [-0.15, -0.1) is 0 Å². The van der Waals surface area contributed by atoms with Gasteiger partial charge in [-0.05, 0) is 44.2 Å². The van der Waals surface area contributed by atoms with Crippen LogP contribution in [0, 0.1) is 6.92 Å². The van der Waals surface area contributed by atoms with Gasteiger partial charge in [0.15, 0.2) is 0 Å². The maximum absolute atomic E-state index is 12.6. The third-order valence-corrected chi connectivity index (χ3v) is 4.28.